The lowest BCUT2D eigenvalue weighted by Crippen LogP contribution is -2.21. The van der Waals surface area contributed by atoms with E-state index in [1.54, 1.807) is 13.0 Å². The molecule has 1 rings (SSSR count). The monoisotopic (exact) mass is 317 g/mol. The number of hydrogen-bond donors (Lipinski definition) is 1. The summed E-state index contributed by atoms with van der Waals surface area (Å²) in [6.45, 7) is 1.72. The van der Waals surface area contributed by atoms with E-state index in [2.05, 4.69) is 31.0 Å². The average Bonchev–Trinajstić information content (AvgIpc) is 2.28. The van der Waals surface area contributed by atoms with Crippen LogP contribution in [0.15, 0.2) is 16.7 Å². The molecule has 1 aromatic rings. The van der Waals surface area contributed by atoms with Crippen LogP contribution in [0, 0.1) is 10.1 Å². The Balaban J connectivity index is 2.85. The highest BCUT2D eigenvalue weighted by molar-refractivity contribution is 9.10. The predicted octanol–water partition coefficient (Wildman–Crippen LogP) is 2.12. The first-order chi connectivity index (χ1) is 8.43. The number of anilines is 1. The Morgan fingerprint density at radius 3 is 2.94 bits per heavy atom. The van der Waals surface area contributed by atoms with E-state index in [0.29, 0.717) is 4.47 Å². The number of aromatic nitrogens is 1. The summed E-state index contributed by atoms with van der Waals surface area (Å²) in [4.78, 5) is 25.0. The van der Waals surface area contributed by atoms with Gasteiger partial charge in [-0.3, -0.25) is 4.79 Å². The second kappa shape index (κ2) is 6.29. The highest BCUT2D eigenvalue weighted by atomic mass is 79.9. The van der Waals surface area contributed by atoms with Crippen molar-refractivity contribution in [3.63, 3.8) is 0 Å². The van der Waals surface area contributed by atoms with Crippen molar-refractivity contribution in [1.29, 1.82) is 0 Å². The number of methoxy groups -OCH3 is 1. The summed E-state index contributed by atoms with van der Waals surface area (Å²) in [6, 6.07) is 1.24. The number of nitrogens with one attached hydrogen (secondary N) is 1. The van der Waals surface area contributed by atoms with Gasteiger partial charge in [0.2, 0.25) is 0 Å². The van der Waals surface area contributed by atoms with Crippen LogP contribution in [0.2, 0.25) is 0 Å². The Kier molecular flexibility index (Phi) is 5.02. The number of carbonyl (C=O) groups is 1. The van der Waals surface area contributed by atoms with Gasteiger partial charge in [0.25, 0.3) is 0 Å². The molecule has 8 heteroatoms. The minimum absolute atomic E-state index is 0.111. The van der Waals surface area contributed by atoms with Crippen molar-refractivity contribution in [2.75, 3.05) is 12.4 Å². The molecule has 18 heavy (non-hydrogen) atoms. The van der Waals surface area contributed by atoms with Crippen LogP contribution < -0.4 is 5.32 Å². The molecule has 0 aliphatic heterocycles. The zero-order chi connectivity index (χ0) is 13.7. The summed E-state index contributed by atoms with van der Waals surface area (Å²) in [5, 5.41) is 13.7. The lowest BCUT2D eigenvalue weighted by Gasteiger charge is -2.13. The number of carbonyl (C=O) groups excluding carboxylic acids is 1. The number of rotatable bonds is 5. The minimum Gasteiger partial charge on any atom is -0.469 e. The smallest absolute Gasteiger partial charge is 0.386 e. The number of ether oxygens (including phenoxy) is 1. The first kappa shape index (κ1) is 14.4. The highest BCUT2D eigenvalue weighted by Gasteiger charge is 2.18. The SMILES string of the molecule is COC(=O)CC(C)Nc1cc(Br)cnc1[N+](=O)[O-]. The van der Waals surface area contributed by atoms with Crippen molar-refractivity contribution >= 4 is 33.4 Å². The third-order valence-corrected chi connectivity index (χ3v) is 2.54. The fourth-order valence-corrected chi connectivity index (χ4v) is 1.66. The third-order valence-electron chi connectivity index (χ3n) is 2.11. The summed E-state index contributed by atoms with van der Waals surface area (Å²) < 4.78 is 5.13. The number of nitro groups is 1. The van der Waals surface area contributed by atoms with Gasteiger partial charge in [0.05, 0.1) is 18.0 Å². The molecule has 0 spiro atoms. The molecule has 0 amide bonds. The van der Waals surface area contributed by atoms with Gasteiger partial charge in [-0.05, 0) is 38.8 Å². The van der Waals surface area contributed by atoms with Gasteiger partial charge in [0.1, 0.15) is 5.69 Å². The summed E-state index contributed by atoms with van der Waals surface area (Å²) in [5.41, 5.74) is 0.255. The summed E-state index contributed by atoms with van der Waals surface area (Å²) >= 11 is 3.18. The lowest BCUT2D eigenvalue weighted by atomic mass is 10.2. The summed E-state index contributed by atoms with van der Waals surface area (Å²) in [6.07, 6.45) is 1.45. The van der Waals surface area contributed by atoms with Gasteiger partial charge in [-0.25, -0.2) is 0 Å². The molecule has 1 unspecified atom stereocenters. The van der Waals surface area contributed by atoms with E-state index in [-0.39, 0.29) is 29.9 Å². The standard InChI is InChI=1S/C10H12BrN3O4/c1-6(3-9(15)18-2)13-8-4-7(11)5-12-10(8)14(16)17/h4-6,13H,3H2,1-2H3. The van der Waals surface area contributed by atoms with Gasteiger partial charge in [0.15, 0.2) is 6.20 Å². The van der Waals surface area contributed by atoms with Gasteiger partial charge in [-0.15, -0.1) is 0 Å². The molecular weight excluding hydrogens is 306 g/mol. The molecule has 0 aromatic carbocycles. The largest absolute Gasteiger partial charge is 0.469 e. The Hall–Kier alpha value is -1.70. The van der Waals surface area contributed by atoms with Gasteiger partial charge in [-0.2, -0.15) is 0 Å². The maximum atomic E-state index is 11.1. The van der Waals surface area contributed by atoms with E-state index in [9.17, 15) is 14.9 Å². The molecule has 0 radical (unpaired) electrons. The van der Waals surface area contributed by atoms with Crippen molar-refractivity contribution in [2.24, 2.45) is 0 Å². The van der Waals surface area contributed by atoms with Crippen molar-refractivity contribution in [3.8, 4) is 0 Å². The Morgan fingerprint density at radius 2 is 2.39 bits per heavy atom. The molecule has 1 atom stereocenters. The normalized spacial score (nSPS) is 11.7. The van der Waals surface area contributed by atoms with Crippen LogP contribution in [0.25, 0.3) is 0 Å². The van der Waals surface area contributed by atoms with Gasteiger partial charge in [0, 0.05) is 6.04 Å². The minimum atomic E-state index is -0.584. The number of pyridine rings is 1. The van der Waals surface area contributed by atoms with Crippen molar-refractivity contribution < 1.29 is 14.5 Å². The highest BCUT2D eigenvalue weighted by Crippen LogP contribution is 2.25. The molecule has 0 saturated heterocycles. The second-order valence-electron chi connectivity index (χ2n) is 3.61. The van der Waals surface area contributed by atoms with Crippen LogP contribution in [0.5, 0.6) is 0 Å². The van der Waals surface area contributed by atoms with E-state index >= 15 is 0 Å². The zero-order valence-electron chi connectivity index (χ0n) is 9.84. The quantitative estimate of drug-likeness (QED) is 0.508. The van der Waals surface area contributed by atoms with Gasteiger partial charge >= 0.3 is 11.8 Å². The summed E-state index contributed by atoms with van der Waals surface area (Å²) in [5.74, 6) is -0.671. The molecule has 1 N–H and O–H groups in total. The fourth-order valence-electron chi connectivity index (χ4n) is 1.33. The van der Waals surface area contributed by atoms with Crippen LogP contribution >= 0.6 is 15.9 Å². The van der Waals surface area contributed by atoms with Crippen molar-refractivity contribution in [1.82, 2.24) is 4.98 Å². The molecule has 7 nitrogen and oxygen atoms in total. The van der Waals surface area contributed by atoms with Gasteiger partial charge < -0.3 is 20.2 Å². The molecule has 1 aromatic heterocycles. The van der Waals surface area contributed by atoms with Crippen LogP contribution in [0.4, 0.5) is 11.5 Å². The van der Waals surface area contributed by atoms with Crippen molar-refractivity contribution in [3.05, 3.63) is 26.9 Å². The maximum Gasteiger partial charge on any atom is 0.386 e. The van der Waals surface area contributed by atoms with Crippen LogP contribution in [-0.4, -0.2) is 29.0 Å². The lowest BCUT2D eigenvalue weighted by molar-refractivity contribution is -0.388. The molecule has 0 aliphatic rings. The van der Waals surface area contributed by atoms with Crippen LogP contribution in [0.3, 0.4) is 0 Å². The predicted molar refractivity (Wildman–Crippen MR) is 68.3 cm³/mol. The first-order valence-corrected chi connectivity index (χ1v) is 5.86. The molecule has 1 heterocycles. The molecule has 0 saturated carbocycles. The van der Waals surface area contributed by atoms with E-state index in [1.807, 2.05) is 0 Å². The molecule has 0 bridgehead atoms. The molecular formula is C10H12BrN3O4. The average molecular weight is 318 g/mol. The maximum absolute atomic E-state index is 11.1. The fraction of sp³-hybridized carbons (Fsp3) is 0.400. The Labute approximate surface area is 112 Å². The van der Waals surface area contributed by atoms with Crippen LogP contribution in [0.1, 0.15) is 13.3 Å². The summed E-state index contributed by atoms with van der Waals surface area (Å²) in [7, 11) is 1.29. The van der Waals surface area contributed by atoms with E-state index in [4.69, 9.17) is 0 Å². The van der Waals surface area contributed by atoms with E-state index < -0.39 is 4.92 Å². The number of nitrogens with zero attached hydrogens (tertiary/aromatic N) is 2. The first-order valence-electron chi connectivity index (χ1n) is 5.07. The Morgan fingerprint density at radius 1 is 1.72 bits per heavy atom. The van der Waals surface area contributed by atoms with E-state index in [0.717, 1.165) is 0 Å². The number of esters is 1. The molecule has 98 valence electrons. The second-order valence-corrected chi connectivity index (χ2v) is 4.52. The van der Waals surface area contributed by atoms with Crippen LogP contribution in [-0.2, 0) is 9.53 Å². The number of halogens is 1. The Bertz CT molecular complexity index is 466. The molecule has 0 aliphatic carbocycles. The zero-order valence-corrected chi connectivity index (χ0v) is 11.4. The third kappa shape index (κ3) is 3.95. The van der Waals surface area contributed by atoms with Crippen molar-refractivity contribution in [2.45, 2.75) is 19.4 Å². The molecule has 0 fully saturated rings. The van der Waals surface area contributed by atoms with Gasteiger partial charge in [-0.1, -0.05) is 0 Å². The van der Waals surface area contributed by atoms with E-state index in [1.165, 1.54) is 13.3 Å². The topological polar surface area (TPSA) is 94.4 Å². The number of hydrogen-bond acceptors (Lipinski definition) is 6.